The van der Waals surface area contributed by atoms with E-state index in [9.17, 15) is 0 Å². The van der Waals surface area contributed by atoms with Gasteiger partial charge in [-0.15, -0.1) is 0 Å². The second kappa shape index (κ2) is 4.18. The zero-order valence-electron chi connectivity index (χ0n) is 9.09. The van der Waals surface area contributed by atoms with E-state index in [1.54, 1.807) is 18.7 Å². The molecule has 17 heavy (non-hydrogen) atoms. The summed E-state index contributed by atoms with van der Waals surface area (Å²) in [6.45, 7) is 0.802. The van der Waals surface area contributed by atoms with Crippen molar-refractivity contribution in [2.75, 3.05) is 0 Å². The molecule has 0 fully saturated rings. The van der Waals surface area contributed by atoms with Crippen molar-refractivity contribution in [2.24, 2.45) is 0 Å². The number of aryl methyl sites for hydroxylation is 2. The van der Waals surface area contributed by atoms with Gasteiger partial charge in [-0.1, -0.05) is 0 Å². The summed E-state index contributed by atoms with van der Waals surface area (Å²) in [5.74, 6) is 0.968. The highest BCUT2D eigenvalue weighted by atomic mass is 32.1. The predicted octanol–water partition coefficient (Wildman–Crippen LogP) is 2.93. The van der Waals surface area contributed by atoms with Gasteiger partial charge < -0.3 is 14.0 Å². The fourth-order valence-corrected chi connectivity index (χ4v) is 2.21. The smallest absolute Gasteiger partial charge is 0.178 e. The molecule has 0 spiro atoms. The van der Waals surface area contributed by atoms with Gasteiger partial charge in [-0.2, -0.15) is 0 Å². The number of hydrogen-bond donors (Lipinski definition) is 1. The third kappa shape index (κ3) is 1.89. The lowest BCUT2D eigenvalue weighted by atomic mass is 10.3. The highest BCUT2D eigenvalue weighted by Gasteiger charge is 2.04. The van der Waals surface area contributed by atoms with Crippen LogP contribution in [0.5, 0.6) is 0 Å². The molecular formula is C12H11N3OS. The maximum absolute atomic E-state index is 5.31. The van der Waals surface area contributed by atoms with Crippen LogP contribution in [0.1, 0.15) is 5.76 Å². The number of nitrogens with one attached hydrogen (secondary N) is 1. The summed E-state index contributed by atoms with van der Waals surface area (Å²) in [6, 6.07) is 5.83. The van der Waals surface area contributed by atoms with Crippen LogP contribution in [0.15, 0.2) is 41.3 Å². The number of aromatic nitrogens is 3. The Morgan fingerprint density at radius 1 is 1.41 bits per heavy atom. The molecule has 0 aromatic carbocycles. The summed E-state index contributed by atoms with van der Waals surface area (Å²) in [5, 5.41) is 0. The van der Waals surface area contributed by atoms with Crippen molar-refractivity contribution in [2.45, 2.75) is 13.0 Å². The van der Waals surface area contributed by atoms with E-state index >= 15 is 0 Å². The van der Waals surface area contributed by atoms with E-state index in [4.69, 9.17) is 16.6 Å². The lowest BCUT2D eigenvalue weighted by Crippen LogP contribution is -2.00. The van der Waals surface area contributed by atoms with Crippen LogP contribution >= 0.6 is 12.2 Å². The molecule has 0 aliphatic rings. The first-order chi connectivity index (χ1) is 8.34. The Hall–Kier alpha value is -1.88. The normalized spacial score (nSPS) is 11.1. The third-order valence-electron chi connectivity index (χ3n) is 2.74. The molecule has 0 radical (unpaired) electrons. The molecule has 1 N–H and O–H groups in total. The van der Waals surface area contributed by atoms with Crippen LogP contribution in [0.4, 0.5) is 0 Å². The summed E-state index contributed by atoms with van der Waals surface area (Å²) in [7, 11) is 0. The number of aromatic amines is 1. The van der Waals surface area contributed by atoms with E-state index in [1.807, 2.05) is 18.2 Å². The molecule has 5 heteroatoms. The Kier molecular flexibility index (Phi) is 2.53. The molecule has 0 atom stereocenters. The number of pyridine rings is 1. The monoisotopic (exact) mass is 245 g/mol. The summed E-state index contributed by atoms with van der Waals surface area (Å²) in [4.78, 5) is 7.21. The molecule has 0 aliphatic carbocycles. The van der Waals surface area contributed by atoms with E-state index in [2.05, 4.69) is 14.5 Å². The Morgan fingerprint density at radius 3 is 3.18 bits per heavy atom. The molecular weight excluding hydrogens is 234 g/mol. The lowest BCUT2D eigenvalue weighted by molar-refractivity contribution is 0.492. The molecule has 0 saturated carbocycles. The average molecular weight is 245 g/mol. The Bertz CT molecular complexity index is 681. The molecule has 4 nitrogen and oxygen atoms in total. The van der Waals surface area contributed by atoms with Crippen LogP contribution in [0.3, 0.4) is 0 Å². The van der Waals surface area contributed by atoms with Crippen LogP contribution in [0.25, 0.3) is 11.0 Å². The zero-order valence-corrected chi connectivity index (χ0v) is 9.91. The van der Waals surface area contributed by atoms with Gasteiger partial charge in [0.2, 0.25) is 0 Å². The largest absolute Gasteiger partial charge is 0.469 e. The SMILES string of the molecule is S=c1[nH]c2cnccc2n1CCc1ccco1. The zero-order chi connectivity index (χ0) is 11.7. The molecule has 3 rings (SSSR count). The first-order valence-corrected chi connectivity index (χ1v) is 5.80. The first-order valence-electron chi connectivity index (χ1n) is 5.39. The van der Waals surface area contributed by atoms with Gasteiger partial charge in [-0.05, 0) is 30.4 Å². The van der Waals surface area contributed by atoms with Crippen LogP contribution < -0.4 is 0 Å². The maximum Gasteiger partial charge on any atom is 0.178 e. The van der Waals surface area contributed by atoms with Crippen molar-refractivity contribution >= 4 is 23.3 Å². The molecule has 0 amide bonds. The summed E-state index contributed by atoms with van der Waals surface area (Å²) in [5.41, 5.74) is 2.05. The minimum Gasteiger partial charge on any atom is -0.469 e. The Morgan fingerprint density at radius 2 is 2.35 bits per heavy atom. The standard InChI is InChI=1S/C12H11N3OS/c17-12-14-10-8-13-5-3-11(10)15(12)6-4-9-2-1-7-16-9/h1-3,5,7-8H,4,6H2,(H,14,17). The molecule has 0 bridgehead atoms. The van der Waals surface area contributed by atoms with Crippen molar-refractivity contribution < 1.29 is 4.42 Å². The highest BCUT2D eigenvalue weighted by Crippen LogP contribution is 2.13. The summed E-state index contributed by atoms with van der Waals surface area (Å²) >= 11 is 5.30. The molecule has 86 valence electrons. The number of imidazole rings is 1. The van der Waals surface area contributed by atoms with Crippen LogP contribution in [-0.4, -0.2) is 14.5 Å². The maximum atomic E-state index is 5.31. The molecule has 0 saturated heterocycles. The third-order valence-corrected chi connectivity index (χ3v) is 3.06. The van der Waals surface area contributed by atoms with Gasteiger partial charge in [0.1, 0.15) is 5.76 Å². The molecule has 0 aliphatic heterocycles. The Balaban J connectivity index is 1.94. The number of hydrogen-bond acceptors (Lipinski definition) is 3. The van der Waals surface area contributed by atoms with E-state index in [1.165, 1.54) is 0 Å². The highest BCUT2D eigenvalue weighted by molar-refractivity contribution is 7.71. The van der Waals surface area contributed by atoms with Gasteiger partial charge >= 0.3 is 0 Å². The Labute approximate surface area is 103 Å². The van der Waals surface area contributed by atoms with Crippen molar-refractivity contribution in [3.8, 4) is 0 Å². The van der Waals surface area contributed by atoms with Gasteiger partial charge in [0.05, 0.1) is 23.5 Å². The molecule has 3 aromatic heterocycles. The minimum atomic E-state index is 0.722. The first kappa shape index (κ1) is 10.3. The molecule has 0 unspecified atom stereocenters. The number of H-pyrrole nitrogens is 1. The number of nitrogens with zero attached hydrogens (tertiary/aromatic N) is 2. The van der Waals surface area contributed by atoms with Crippen molar-refractivity contribution in [1.29, 1.82) is 0 Å². The van der Waals surface area contributed by atoms with Gasteiger partial charge in [-0.3, -0.25) is 4.98 Å². The second-order valence-corrected chi connectivity index (χ2v) is 4.19. The fourth-order valence-electron chi connectivity index (χ4n) is 1.91. The predicted molar refractivity (Wildman–Crippen MR) is 67.3 cm³/mol. The summed E-state index contributed by atoms with van der Waals surface area (Å²) < 4.78 is 8.10. The van der Waals surface area contributed by atoms with Gasteiger partial charge in [0, 0.05) is 19.2 Å². The van der Waals surface area contributed by atoms with E-state index in [0.29, 0.717) is 0 Å². The van der Waals surface area contributed by atoms with Crippen LogP contribution in [0, 0.1) is 4.77 Å². The van der Waals surface area contributed by atoms with Crippen molar-refractivity contribution in [1.82, 2.24) is 14.5 Å². The van der Waals surface area contributed by atoms with Crippen LogP contribution in [-0.2, 0) is 13.0 Å². The quantitative estimate of drug-likeness (QED) is 0.722. The number of furan rings is 1. The minimum absolute atomic E-state index is 0.722. The number of fused-ring (bicyclic) bond motifs is 1. The van der Waals surface area contributed by atoms with Gasteiger partial charge in [0.15, 0.2) is 4.77 Å². The molecule has 3 aromatic rings. The van der Waals surface area contributed by atoms with Crippen molar-refractivity contribution in [3.05, 3.63) is 47.4 Å². The van der Waals surface area contributed by atoms with Gasteiger partial charge in [-0.25, -0.2) is 0 Å². The van der Waals surface area contributed by atoms with E-state index in [-0.39, 0.29) is 0 Å². The second-order valence-electron chi connectivity index (χ2n) is 3.80. The topological polar surface area (TPSA) is 46.8 Å². The fraction of sp³-hybridized carbons (Fsp3) is 0.167. The van der Waals surface area contributed by atoms with E-state index in [0.717, 1.165) is 34.5 Å². The number of rotatable bonds is 3. The lowest BCUT2D eigenvalue weighted by Gasteiger charge is -2.02. The molecule has 3 heterocycles. The summed E-state index contributed by atoms with van der Waals surface area (Å²) in [6.07, 6.45) is 6.08. The van der Waals surface area contributed by atoms with Gasteiger partial charge in [0.25, 0.3) is 0 Å². The average Bonchev–Trinajstić information content (AvgIpc) is 2.93. The van der Waals surface area contributed by atoms with Crippen molar-refractivity contribution in [3.63, 3.8) is 0 Å². The van der Waals surface area contributed by atoms with Crippen LogP contribution in [0.2, 0.25) is 0 Å². The van der Waals surface area contributed by atoms with E-state index < -0.39 is 0 Å².